The Bertz CT molecular complexity index is 1070. The molecule has 174 valence electrons. The van der Waals surface area contributed by atoms with E-state index in [4.69, 9.17) is 4.74 Å². The largest absolute Gasteiger partial charge is 0.454 e. The van der Waals surface area contributed by atoms with Crippen molar-refractivity contribution in [3.8, 4) is 11.5 Å². The van der Waals surface area contributed by atoms with E-state index < -0.39 is 30.0 Å². The topological polar surface area (TPSA) is 118 Å². The van der Waals surface area contributed by atoms with Crippen LogP contribution in [-0.4, -0.2) is 85.1 Å². The second-order valence-electron chi connectivity index (χ2n) is 7.47. The zero-order valence-electron chi connectivity index (χ0n) is 19.7. The van der Waals surface area contributed by atoms with Gasteiger partial charge in [-0.1, -0.05) is 76.1 Å². The molecule has 2 N–H and O–H groups in total. The first-order valence-corrected chi connectivity index (χ1v) is 13.4. The summed E-state index contributed by atoms with van der Waals surface area (Å²) in [6, 6.07) is 9.75. The zero-order chi connectivity index (χ0) is 22.9. The van der Waals surface area contributed by atoms with Gasteiger partial charge in [0.25, 0.3) is 20.2 Å². The maximum absolute atomic E-state index is 11.9. The molecule has 0 amide bonds. The van der Waals surface area contributed by atoms with E-state index in [2.05, 4.69) is 6.92 Å². The third-order valence-corrected chi connectivity index (χ3v) is 6.75. The minimum Gasteiger partial charge on any atom is -0.454 e. The van der Waals surface area contributed by atoms with Gasteiger partial charge in [0.2, 0.25) is 0 Å². The van der Waals surface area contributed by atoms with E-state index >= 15 is 0 Å². The van der Waals surface area contributed by atoms with Crippen molar-refractivity contribution in [1.29, 1.82) is 0 Å². The van der Waals surface area contributed by atoms with Gasteiger partial charge in [-0.15, -0.1) is 0 Å². The van der Waals surface area contributed by atoms with Gasteiger partial charge >= 0.3 is 0 Å². The van der Waals surface area contributed by atoms with Gasteiger partial charge in [0.1, 0.15) is 15.5 Å². The fourth-order valence-electron chi connectivity index (χ4n) is 3.38. The molecule has 0 unspecified atom stereocenters. The van der Waals surface area contributed by atoms with Gasteiger partial charge < -0.3 is 4.74 Å². The Hall–Kier alpha value is 0.0600. The van der Waals surface area contributed by atoms with Crippen LogP contribution in [0.25, 0.3) is 0 Å². The summed E-state index contributed by atoms with van der Waals surface area (Å²) in [5.41, 5.74) is 0.534. The van der Waals surface area contributed by atoms with Crippen LogP contribution in [-0.2, 0) is 26.7 Å². The number of unbranched alkanes of at least 4 members (excludes halogenated alkanes) is 7. The van der Waals surface area contributed by atoms with Crippen LogP contribution >= 0.6 is 0 Å². The monoisotopic (exact) mass is 516 g/mol. The van der Waals surface area contributed by atoms with E-state index in [0.717, 1.165) is 31.7 Å². The fraction of sp³-hybridized carbons (Fsp3) is 0.455. The minimum atomic E-state index is -4.61. The van der Waals surface area contributed by atoms with Gasteiger partial charge in [-0.2, -0.15) is 16.8 Å². The second-order valence-corrected chi connectivity index (χ2v) is 10.2. The number of aryl methyl sites for hydroxylation is 1. The summed E-state index contributed by atoms with van der Waals surface area (Å²) >= 11 is 0. The summed E-state index contributed by atoms with van der Waals surface area (Å²) < 4.78 is 71.8. The SMILES string of the molecule is CCCCCCCCCCc1cccc(S(=O)(=O)O)c1Oc1ccccc1S(=O)(=O)O.[Na].[Na]. The number of para-hydroxylation sites is 2. The second kappa shape index (κ2) is 15.9. The van der Waals surface area contributed by atoms with Gasteiger partial charge in [-0.3, -0.25) is 9.11 Å². The van der Waals surface area contributed by atoms with Crippen molar-refractivity contribution in [2.45, 2.75) is 74.5 Å². The van der Waals surface area contributed by atoms with Crippen molar-refractivity contribution in [2.75, 3.05) is 0 Å². The van der Waals surface area contributed by atoms with Gasteiger partial charge in [0.15, 0.2) is 5.75 Å². The van der Waals surface area contributed by atoms with E-state index in [0.29, 0.717) is 12.0 Å². The molecule has 0 bridgehead atoms. The first kappa shape index (κ1) is 33.1. The van der Waals surface area contributed by atoms with Crippen LogP contribution in [0, 0.1) is 0 Å². The molecule has 2 radical (unpaired) electrons. The molecule has 0 aliphatic heterocycles. The number of hydrogen-bond acceptors (Lipinski definition) is 5. The van der Waals surface area contributed by atoms with Crippen molar-refractivity contribution < 1.29 is 30.7 Å². The van der Waals surface area contributed by atoms with E-state index in [1.807, 2.05) is 0 Å². The Morgan fingerprint density at radius 2 is 1.21 bits per heavy atom. The molecule has 0 saturated carbocycles. The molecule has 0 heterocycles. The molecular formula is C22H30Na2O7S2. The molecule has 0 aliphatic carbocycles. The molecule has 0 spiro atoms. The molecule has 0 saturated heterocycles. The molecule has 0 atom stereocenters. The molecule has 0 fully saturated rings. The van der Waals surface area contributed by atoms with Gasteiger partial charge in [0.05, 0.1) is 0 Å². The van der Waals surface area contributed by atoms with Crippen LogP contribution < -0.4 is 4.74 Å². The molecule has 11 heteroatoms. The van der Waals surface area contributed by atoms with Crippen LogP contribution in [0.2, 0.25) is 0 Å². The predicted octanol–water partition coefficient (Wildman–Crippen LogP) is 4.89. The molecular weight excluding hydrogens is 486 g/mol. The fourth-order valence-corrected chi connectivity index (χ4v) is 4.66. The Morgan fingerprint density at radius 1 is 0.697 bits per heavy atom. The standard InChI is InChI=1S/C22H30O7S2.2Na/c1-2-3-4-5-6-7-8-9-13-18-14-12-17-21(31(26,27)28)22(18)29-19-15-10-11-16-20(19)30(23,24)25;;/h10-12,14-17H,2-9,13H2,1H3,(H,23,24,25)(H,26,27,28);;. The van der Waals surface area contributed by atoms with Crippen LogP contribution in [0.4, 0.5) is 0 Å². The Balaban J connectivity index is 0.00000512. The Morgan fingerprint density at radius 3 is 1.79 bits per heavy atom. The van der Waals surface area contributed by atoms with Crippen molar-refractivity contribution >= 4 is 79.4 Å². The van der Waals surface area contributed by atoms with Crippen molar-refractivity contribution in [1.82, 2.24) is 0 Å². The summed E-state index contributed by atoms with van der Waals surface area (Å²) in [6.45, 7) is 2.18. The van der Waals surface area contributed by atoms with Gasteiger partial charge in [-0.25, -0.2) is 0 Å². The van der Waals surface area contributed by atoms with Crippen molar-refractivity contribution in [3.63, 3.8) is 0 Å². The van der Waals surface area contributed by atoms with E-state index in [-0.39, 0.29) is 70.6 Å². The number of benzene rings is 2. The molecule has 0 aromatic heterocycles. The summed E-state index contributed by atoms with van der Waals surface area (Å²) in [5.74, 6) is -0.359. The van der Waals surface area contributed by atoms with Gasteiger partial charge in [-0.05, 0) is 36.6 Å². The van der Waals surface area contributed by atoms with E-state index in [9.17, 15) is 25.9 Å². The number of hydrogen-bond donors (Lipinski definition) is 2. The molecule has 0 aliphatic rings. The summed E-state index contributed by atoms with van der Waals surface area (Å²) in [7, 11) is -9.20. The number of rotatable bonds is 13. The van der Waals surface area contributed by atoms with Crippen molar-refractivity contribution in [2.24, 2.45) is 0 Å². The summed E-state index contributed by atoms with van der Waals surface area (Å²) in [4.78, 5) is -0.937. The smallest absolute Gasteiger partial charge is 0.298 e. The zero-order valence-corrected chi connectivity index (χ0v) is 25.3. The normalized spacial score (nSPS) is 11.4. The summed E-state index contributed by atoms with van der Waals surface area (Å²) in [5, 5.41) is 0. The molecule has 7 nitrogen and oxygen atoms in total. The first-order chi connectivity index (χ1) is 14.6. The third kappa shape index (κ3) is 11.1. The van der Waals surface area contributed by atoms with E-state index in [1.165, 1.54) is 56.0 Å². The van der Waals surface area contributed by atoms with Crippen LogP contribution in [0.15, 0.2) is 52.3 Å². The molecule has 2 rings (SSSR count). The average Bonchev–Trinajstić information content (AvgIpc) is 2.69. The van der Waals surface area contributed by atoms with Crippen LogP contribution in [0.3, 0.4) is 0 Å². The van der Waals surface area contributed by atoms with Crippen molar-refractivity contribution in [3.05, 3.63) is 48.0 Å². The Kier molecular flexibility index (Phi) is 16.0. The first-order valence-electron chi connectivity index (χ1n) is 10.5. The quantitative estimate of drug-likeness (QED) is 0.221. The summed E-state index contributed by atoms with van der Waals surface area (Å²) in [6.07, 6.45) is 9.36. The maximum Gasteiger partial charge on any atom is 0.298 e. The Labute approximate surface area is 241 Å². The molecule has 2 aromatic rings. The molecule has 33 heavy (non-hydrogen) atoms. The molecule has 2 aromatic carbocycles. The van der Waals surface area contributed by atoms with Gasteiger partial charge in [0, 0.05) is 59.1 Å². The van der Waals surface area contributed by atoms with Crippen LogP contribution in [0.5, 0.6) is 11.5 Å². The average molecular weight is 517 g/mol. The number of ether oxygens (including phenoxy) is 1. The maximum atomic E-state index is 11.9. The van der Waals surface area contributed by atoms with E-state index in [1.54, 1.807) is 6.07 Å². The third-order valence-electron chi connectivity index (χ3n) is 4.98. The minimum absolute atomic E-state index is 0. The predicted molar refractivity (Wildman–Crippen MR) is 130 cm³/mol. The van der Waals surface area contributed by atoms with Crippen LogP contribution in [0.1, 0.15) is 63.9 Å².